The maximum Gasteiger partial charge on any atom is 0.245 e. The molecule has 1 aromatic carbocycles. The number of anilines is 1. The summed E-state index contributed by atoms with van der Waals surface area (Å²) in [5, 5.41) is 10.8. The first-order chi connectivity index (χ1) is 7.74. The van der Waals surface area contributed by atoms with Crippen LogP contribution in [0.2, 0.25) is 0 Å². The molecule has 7 heteroatoms. The van der Waals surface area contributed by atoms with Crippen LogP contribution in [0.25, 0.3) is 5.69 Å². The lowest BCUT2D eigenvalue weighted by Gasteiger charge is -2.07. The van der Waals surface area contributed by atoms with Crippen LogP contribution in [-0.4, -0.2) is 34.4 Å². The Balaban J connectivity index is 2.52. The number of methoxy groups -OCH3 is 2. The molecule has 2 N–H and O–H groups in total. The number of nitrogens with zero attached hydrogens (tertiary/aromatic N) is 4. The average molecular weight is 221 g/mol. The zero-order valence-corrected chi connectivity index (χ0v) is 8.91. The third-order valence-corrected chi connectivity index (χ3v) is 2.07. The fraction of sp³-hybridized carbons (Fsp3) is 0.222. The second kappa shape index (κ2) is 4.05. The smallest absolute Gasteiger partial charge is 0.245 e. The molecular formula is C9H11N5O2. The van der Waals surface area contributed by atoms with Gasteiger partial charge < -0.3 is 15.2 Å². The van der Waals surface area contributed by atoms with E-state index in [1.54, 1.807) is 32.4 Å². The molecule has 0 saturated carbocycles. The molecule has 1 heterocycles. The van der Waals surface area contributed by atoms with Gasteiger partial charge in [0.25, 0.3) is 0 Å². The van der Waals surface area contributed by atoms with Gasteiger partial charge in [0.05, 0.1) is 19.9 Å². The highest BCUT2D eigenvalue weighted by Gasteiger charge is 2.08. The van der Waals surface area contributed by atoms with Crippen molar-refractivity contribution in [2.24, 2.45) is 0 Å². The summed E-state index contributed by atoms with van der Waals surface area (Å²) in [6, 6.07) is 5.27. The quantitative estimate of drug-likeness (QED) is 0.799. The van der Waals surface area contributed by atoms with E-state index in [1.165, 1.54) is 4.68 Å². The zero-order chi connectivity index (χ0) is 11.5. The molecule has 2 rings (SSSR count). The molecule has 0 spiro atoms. The highest BCUT2D eigenvalue weighted by atomic mass is 16.5. The Morgan fingerprint density at radius 2 is 1.75 bits per heavy atom. The van der Waals surface area contributed by atoms with E-state index in [9.17, 15) is 0 Å². The minimum atomic E-state index is 0.204. The number of benzene rings is 1. The number of ether oxygens (including phenoxy) is 2. The van der Waals surface area contributed by atoms with Gasteiger partial charge >= 0.3 is 0 Å². The van der Waals surface area contributed by atoms with Gasteiger partial charge in [-0.3, -0.25) is 0 Å². The molecule has 16 heavy (non-hydrogen) atoms. The maximum atomic E-state index is 5.60. The molecule has 0 radical (unpaired) electrons. The van der Waals surface area contributed by atoms with Gasteiger partial charge in [-0.15, -0.1) is 0 Å². The van der Waals surface area contributed by atoms with Crippen LogP contribution in [0.4, 0.5) is 5.95 Å². The van der Waals surface area contributed by atoms with Gasteiger partial charge in [-0.1, -0.05) is 5.10 Å². The van der Waals surface area contributed by atoms with Crippen molar-refractivity contribution in [3.8, 4) is 17.2 Å². The average Bonchev–Trinajstić information content (AvgIpc) is 2.74. The largest absolute Gasteiger partial charge is 0.497 e. The molecule has 0 aliphatic rings. The Labute approximate surface area is 91.8 Å². The van der Waals surface area contributed by atoms with E-state index in [0.717, 1.165) is 0 Å². The van der Waals surface area contributed by atoms with E-state index in [1.807, 2.05) is 0 Å². The number of rotatable bonds is 3. The summed E-state index contributed by atoms with van der Waals surface area (Å²) in [6.45, 7) is 0. The first kappa shape index (κ1) is 10.2. The van der Waals surface area contributed by atoms with Gasteiger partial charge in [-0.2, -0.15) is 4.68 Å². The lowest BCUT2D eigenvalue weighted by Crippen LogP contribution is -2.03. The summed E-state index contributed by atoms with van der Waals surface area (Å²) in [6.07, 6.45) is 0. The first-order valence-electron chi connectivity index (χ1n) is 4.52. The molecule has 0 bridgehead atoms. The predicted octanol–water partition coefficient (Wildman–Crippen LogP) is 0.262. The maximum absolute atomic E-state index is 5.60. The van der Waals surface area contributed by atoms with Gasteiger partial charge in [-0.05, 0) is 10.4 Å². The summed E-state index contributed by atoms with van der Waals surface area (Å²) in [5.41, 5.74) is 6.28. The Hall–Kier alpha value is -2.31. The molecule has 0 aliphatic carbocycles. The number of aromatic nitrogens is 4. The lowest BCUT2D eigenvalue weighted by molar-refractivity contribution is 0.394. The third-order valence-electron chi connectivity index (χ3n) is 2.07. The Kier molecular flexibility index (Phi) is 2.59. The van der Waals surface area contributed by atoms with E-state index < -0.39 is 0 Å². The minimum absolute atomic E-state index is 0.204. The van der Waals surface area contributed by atoms with Crippen molar-refractivity contribution in [2.45, 2.75) is 0 Å². The second-order valence-electron chi connectivity index (χ2n) is 3.02. The monoisotopic (exact) mass is 221 g/mol. The van der Waals surface area contributed by atoms with Crippen molar-refractivity contribution in [3.63, 3.8) is 0 Å². The standard InChI is InChI=1S/C9H11N5O2/c1-15-7-3-6(4-8(5-7)16-2)14-9(10)11-12-13-14/h3-5H,1-2H3,(H2,10,11,13). The summed E-state index contributed by atoms with van der Waals surface area (Å²) in [7, 11) is 3.14. The minimum Gasteiger partial charge on any atom is -0.497 e. The van der Waals surface area contributed by atoms with Crippen LogP contribution in [0.15, 0.2) is 18.2 Å². The fourth-order valence-corrected chi connectivity index (χ4v) is 1.29. The first-order valence-corrected chi connectivity index (χ1v) is 4.52. The summed E-state index contributed by atoms with van der Waals surface area (Å²) in [4.78, 5) is 0. The second-order valence-corrected chi connectivity index (χ2v) is 3.02. The van der Waals surface area contributed by atoms with Crippen molar-refractivity contribution in [3.05, 3.63) is 18.2 Å². The summed E-state index contributed by atoms with van der Waals surface area (Å²) >= 11 is 0. The molecule has 84 valence electrons. The van der Waals surface area contributed by atoms with E-state index in [2.05, 4.69) is 15.5 Å². The molecule has 0 fully saturated rings. The Bertz CT molecular complexity index is 474. The molecule has 2 aromatic rings. The molecular weight excluding hydrogens is 210 g/mol. The van der Waals surface area contributed by atoms with Crippen molar-refractivity contribution in [2.75, 3.05) is 20.0 Å². The zero-order valence-electron chi connectivity index (χ0n) is 8.91. The SMILES string of the molecule is COc1cc(OC)cc(-n2nnnc2N)c1. The van der Waals surface area contributed by atoms with Crippen LogP contribution in [0, 0.1) is 0 Å². The summed E-state index contributed by atoms with van der Waals surface area (Å²) in [5.74, 6) is 1.49. The van der Waals surface area contributed by atoms with E-state index in [0.29, 0.717) is 17.2 Å². The van der Waals surface area contributed by atoms with Gasteiger partial charge in [-0.25, -0.2) is 0 Å². The van der Waals surface area contributed by atoms with Crippen LogP contribution in [-0.2, 0) is 0 Å². The van der Waals surface area contributed by atoms with Crippen LogP contribution in [0.3, 0.4) is 0 Å². The Morgan fingerprint density at radius 3 is 2.19 bits per heavy atom. The van der Waals surface area contributed by atoms with Crippen LogP contribution >= 0.6 is 0 Å². The number of nitrogens with two attached hydrogens (primary N) is 1. The van der Waals surface area contributed by atoms with Crippen LogP contribution in [0.5, 0.6) is 11.5 Å². The highest BCUT2D eigenvalue weighted by molar-refractivity contribution is 5.48. The van der Waals surface area contributed by atoms with E-state index in [-0.39, 0.29) is 5.95 Å². The number of hydrogen-bond donors (Lipinski definition) is 1. The van der Waals surface area contributed by atoms with Crippen molar-refractivity contribution in [1.82, 2.24) is 20.2 Å². The highest BCUT2D eigenvalue weighted by Crippen LogP contribution is 2.25. The number of hydrogen-bond acceptors (Lipinski definition) is 6. The molecule has 0 amide bonds. The molecule has 0 unspecified atom stereocenters. The third kappa shape index (κ3) is 1.74. The van der Waals surface area contributed by atoms with Gasteiger partial charge in [0.15, 0.2) is 0 Å². The van der Waals surface area contributed by atoms with Crippen molar-refractivity contribution in [1.29, 1.82) is 0 Å². The van der Waals surface area contributed by atoms with E-state index >= 15 is 0 Å². The van der Waals surface area contributed by atoms with Crippen LogP contribution in [0.1, 0.15) is 0 Å². The normalized spacial score (nSPS) is 10.1. The van der Waals surface area contributed by atoms with Crippen molar-refractivity contribution >= 4 is 5.95 Å². The summed E-state index contributed by atoms with van der Waals surface area (Å²) < 4.78 is 11.7. The van der Waals surface area contributed by atoms with E-state index in [4.69, 9.17) is 15.2 Å². The van der Waals surface area contributed by atoms with Gasteiger partial charge in [0, 0.05) is 18.2 Å². The molecule has 7 nitrogen and oxygen atoms in total. The Morgan fingerprint density at radius 1 is 1.12 bits per heavy atom. The lowest BCUT2D eigenvalue weighted by atomic mass is 10.3. The topological polar surface area (TPSA) is 88.1 Å². The number of nitrogen functional groups attached to an aromatic ring is 1. The van der Waals surface area contributed by atoms with Crippen molar-refractivity contribution < 1.29 is 9.47 Å². The predicted molar refractivity (Wildman–Crippen MR) is 56.7 cm³/mol. The molecule has 0 saturated heterocycles. The molecule has 1 aromatic heterocycles. The van der Waals surface area contributed by atoms with Gasteiger partial charge in [0.1, 0.15) is 11.5 Å². The molecule has 0 aliphatic heterocycles. The van der Waals surface area contributed by atoms with Crippen LogP contribution < -0.4 is 15.2 Å². The fourth-order valence-electron chi connectivity index (χ4n) is 1.29. The van der Waals surface area contributed by atoms with Gasteiger partial charge in [0.2, 0.25) is 5.95 Å². The molecule has 0 atom stereocenters. The number of tetrazole rings is 1.